The van der Waals surface area contributed by atoms with Crippen LogP contribution in [0.3, 0.4) is 0 Å². The van der Waals surface area contributed by atoms with Crippen LogP contribution in [-0.2, 0) is 11.2 Å². The van der Waals surface area contributed by atoms with Gasteiger partial charge in [-0.1, -0.05) is 18.2 Å². The Morgan fingerprint density at radius 2 is 2.03 bits per heavy atom. The van der Waals surface area contributed by atoms with Crippen molar-refractivity contribution in [2.45, 2.75) is 44.2 Å². The number of rotatable bonds is 3. The molecule has 5 heterocycles. The summed E-state index contributed by atoms with van der Waals surface area (Å²) in [6.07, 6.45) is 8.98. The summed E-state index contributed by atoms with van der Waals surface area (Å²) in [5, 5.41) is 4.28. The molecule has 160 valence electrons. The van der Waals surface area contributed by atoms with E-state index in [1.807, 2.05) is 18.5 Å². The first kappa shape index (κ1) is 18.9. The quantitative estimate of drug-likeness (QED) is 0.663. The number of aromatic amines is 1. The molecular weight excluding hydrogens is 388 g/mol. The van der Waals surface area contributed by atoms with E-state index in [-0.39, 0.29) is 18.2 Å². The number of piperidine rings is 3. The van der Waals surface area contributed by atoms with Crippen LogP contribution in [0, 0.1) is 5.92 Å². The number of amides is 1. The Morgan fingerprint density at radius 3 is 2.87 bits per heavy atom. The summed E-state index contributed by atoms with van der Waals surface area (Å²) in [7, 11) is 0. The molecule has 0 spiro atoms. The summed E-state index contributed by atoms with van der Waals surface area (Å²) >= 11 is 0. The molecule has 1 aromatic carbocycles. The SMILES string of the molecule is O=C(NC1CCCc2cc(-c3cnc4[nH]ccc4c3)ccc21)O[C@H]1CN2CCC1CC2. The second kappa shape index (κ2) is 7.68. The van der Waals surface area contributed by atoms with E-state index in [9.17, 15) is 4.79 Å². The van der Waals surface area contributed by atoms with Crippen molar-refractivity contribution in [2.75, 3.05) is 19.6 Å². The van der Waals surface area contributed by atoms with Gasteiger partial charge < -0.3 is 15.0 Å². The molecule has 0 saturated carbocycles. The van der Waals surface area contributed by atoms with Crippen molar-refractivity contribution in [1.82, 2.24) is 20.2 Å². The molecular formula is C25H28N4O2. The molecule has 2 N–H and O–H groups in total. The number of pyridine rings is 1. The van der Waals surface area contributed by atoms with E-state index in [4.69, 9.17) is 4.74 Å². The molecule has 1 unspecified atom stereocenters. The number of benzene rings is 1. The second-order valence-electron chi connectivity index (χ2n) is 9.22. The molecule has 3 fully saturated rings. The Hall–Kier alpha value is -2.86. The highest BCUT2D eigenvalue weighted by molar-refractivity contribution is 5.81. The van der Waals surface area contributed by atoms with Crippen molar-refractivity contribution in [2.24, 2.45) is 5.92 Å². The Labute approximate surface area is 182 Å². The van der Waals surface area contributed by atoms with E-state index >= 15 is 0 Å². The topological polar surface area (TPSA) is 70.2 Å². The third kappa shape index (κ3) is 3.59. The van der Waals surface area contributed by atoms with Crippen LogP contribution < -0.4 is 5.32 Å². The molecule has 6 heteroatoms. The number of alkyl carbamates (subject to hydrolysis) is 1. The third-order valence-electron chi connectivity index (χ3n) is 7.34. The molecule has 2 atom stereocenters. The zero-order valence-corrected chi connectivity index (χ0v) is 17.6. The minimum absolute atomic E-state index is 0.0247. The fourth-order valence-electron chi connectivity index (χ4n) is 5.60. The molecule has 3 saturated heterocycles. The number of aromatic nitrogens is 2. The van der Waals surface area contributed by atoms with Crippen LogP contribution in [0.5, 0.6) is 0 Å². The van der Waals surface area contributed by atoms with Crippen LogP contribution in [0.15, 0.2) is 42.7 Å². The number of fused-ring (bicyclic) bond motifs is 5. The Morgan fingerprint density at radius 1 is 1.13 bits per heavy atom. The minimum atomic E-state index is -0.261. The predicted octanol–water partition coefficient (Wildman–Crippen LogP) is 4.43. The largest absolute Gasteiger partial charge is 0.445 e. The monoisotopic (exact) mass is 416 g/mol. The van der Waals surface area contributed by atoms with Gasteiger partial charge in [-0.25, -0.2) is 9.78 Å². The van der Waals surface area contributed by atoms with Crippen LogP contribution in [0.25, 0.3) is 22.2 Å². The maximum absolute atomic E-state index is 12.7. The lowest BCUT2D eigenvalue weighted by Gasteiger charge is -2.44. The van der Waals surface area contributed by atoms with Crippen molar-refractivity contribution < 1.29 is 9.53 Å². The highest BCUT2D eigenvalue weighted by Gasteiger charge is 2.37. The number of ether oxygens (including phenoxy) is 1. The van der Waals surface area contributed by atoms with E-state index in [0.29, 0.717) is 5.92 Å². The molecule has 1 amide bonds. The average Bonchev–Trinajstić information content (AvgIpc) is 3.28. The van der Waals surface area contributed by atoms with Gasteiger partial charge in [-0.3, -0.25) is 4.90 Å². The highest BCUT2D eigenvalue weighted by Crippen LogP contribution is 2.34. The second-order valence-corrected chi connectivity index (χ2v) is 9.22. The molecule has 6 nitrogen and oxygen atoms in total. The summed E-state index contributed by atoms with van der Waals surface area (Å²) in [5.41, 5.74) is 5.73. The maximum Gasteiger partial charge on any atom is 0.407 e. The van der Waals surface area contributed by atoms with Gasteiger partial charge in [-0.15, -0.1) is 0 Å². The van der Waals surface area contributed by atoms with Gasteiger partial charge in [0.15, 0.2) is 0 Å². The van der Waals surface area contributed by atoms with E-state index < -0.39 is 0 Å². The lowest BCUT2D eigenvalue weighted by atomic mass is 9.85. The first-order valence-electron chi connectivity index (χ1n) is 11.5. The molecule has 0 radical (unpaired) electrons. The fraction of sp³-hybridized carbons (Fsp3) is 0.440. The van der Waals surface area contributed by atoms with Crippen LogP contribution in [0.2, 0.25) is 0 Å². The number of hydrogen-bond acceptors (Lipinski definition) is 4. The Bertz CT molecular complexity index is 1120. The Balaban J connectivity index is 1.18. The lowest BCUT2D eigenvalue weighted by molar-refractivity contribution is -0.0340. The van der Waals surface area contributed by atoms with Crippen molar-refractivity contribution in [1.29, 1.82) is 0 Å². The van der Waals surface area contributed by atoms with Crippen LogP contribution in [-0.4, -0.2) is 46.7 Å². The molecule has 2 aromatic heterocycles. The van der Waals surface area contributed by atoms with Gasteiger partial charge in [0.1, 0.15) is 11.8 Å². The van der Waals surface area contributed by atoms with Crippen molar-refractivity contribution >= 4 is 17.1 Å². The number of aryl methyl sites for hydroxylation is 1. The van der Waals surface area contributed by atoms with Gasteiger partial charge in [0.2, 0.25) is 0 Å². The summed E-state index contributed by atoms with van der Waals surface area (Å²) in [4.78, 5) is 22.8. The molecule has 1 aliphatic carbocycles. The minimum Gasteiger partial charge on any atom is -0.445 e. The summed E-state index contributed by atoms with van der Waals surface area (Å²) in [5.74, 6) is 0.530. The predicted molar refractivity (Wildman–Crippen MR) is 120 cm³/mol. The maximum atomic E-state index is 12.7. The van der Waals surface area contributed by atoms with E-state index in [2.05, 4.69) is 44.5 Å². The Kier molecular flexibility index (Phi) is 4.68. The van der Waals surface area contributed by atoms with Crippen LogP contribution in [0.1, 0.15) is 42.9 Å². The first-order valence-corrected chi connectivity index (χ1v) is 11.5. The summed E-state index contributed by atoms with van der Waals surface area (Å²) < 4.78 is 5.87. The standard InChI is InChI=1S/C25H28N4O2/c30-25(31-23-15-29-10-7-16(23)8-11-29)28-22-3-1-2-18-12-17(4-5-21(18)22)20-13-19-6-9-26-24(19)27-14-20/h4-6,9,12-14,16,22-23H,1-3,7-8,10-11,15H2,(H,26,27)(H,28,30)/t22?,23-/m0/s1. The number of nitrogens with zero attached hydrogens (tertiary/aromatic N) is 2. The van der Waals surface area contributed by atoms with Crippen LogP contribution >= 0.6 is 0 Å². The van der Waals surface area contributed by atoms with Gasteiger partial charge in [0.05, 0.1) is 6.04 Å². The summed E-state index contributed by atoms with van der Waals surface area (Å²) in [6.45, 7) is 3.19. The van der Waals surface area contributed by atoms with Crippen molar-refractivity contribution in [3.05, 3.63) is 53.9 Å². The van der Waals surface area contributed by atoms with Crippen LogP contribution in [0.4, 0.5) is 4.79 Å². The number of nitrogens with one attached hydrogen (secondary N) is 2. The zero-order chi connectivity index (χ0) is 20.8. The zero-order valence-electron chi connectivity index (χ0n) is 17.6. The number of carbonyl (C=O) groups is 1. The van der Waals surface area contributed by atoms with Crippen molar-refractivity contribution in [3.8, 4) is 11.1 Å². The average molecular weight is 417 g/mol. The third-order valence-corrected chi connectivity index (χ3v) is 7.34. The van der Waals surface area contributed by atoms with Gasteiger partial charge in [0, 0.05) is 29.9 Å². The van der Waals surface area contributed by atoms with E-state index in [1.54, 1.807) is 0 Å². The molecule has 3 aromatic rings. The van der Waals surface area contributed by atoms with Crippen molar-refractivity contribution in [3.63, 3.8) is 0 Å². The molecule has 31 heavy (non-hydrogen) atoms. The molecule has 4 aliphatic rings. The van der Waals surface area contributed by atoms with Gasteiger partial charge in [0.25, 0.3) is 0 Å². The number of hydrogen-bond donors (Lipinski definition) is 2. The number of H-pyrrole nitrogens is 1. The molecule has 7 rings (SSSR count). The molecule has 3 aliphatic heterocycles. The van der Waals surface area contributed by atoms with Gasteiger partial charge in [-0.05, 0) is 79.9 Å². The fourth-order valence-corrected chi connectivity index (χ4v) is 5.60. The number of carbonyl (C=O) groups excluding carboxylic acids is 1. The summed E-state index contributed by atoms with van der Waals surface area (Å²) in [6, 6.07) is 10.8. The highest BCUT2D eigenvalue weighted by atomic mass is 16.6. The smallest absolute Gasteiger partial charge is 0.407 e. The van der Waals surface area contributed by atoms with Gasteiger partial charge >= 0.3 is 6.09 Å². The molecule has 2 bridgehead atoms. The first-order chi connectivity index (χ1) is 15.2. The van der Waals surface area contributed by atoms with Gasteiger partial charge in [-0.2, -0.15) is 0 Å². The van der Waals surface area contributed by atoms with E-state index in [0.717, 1.165) is 68.3 Å². The normalized spacial score (nSPS) is 27.1. The lowest BCUT2D eigenvalue weighted by Crippen LogP contribution is -2.52. The van der Waals surface area contributed by atoms with E-state index in [1.165, 1.54) is 16.7 Å².